The summed E-state index contributed by atoms with van der Waals surface area (Å²) in [6.07, 6.45) is 6.84. The largest absolute Gasteiger partial charge is 0.355 e. The van der Waals surface area contributed by atoms with Crippen LogP contribution in [0.2, 0.25) is 0 Å². The summed E-state index contributed by atoms with van der Waals surface area (Å²) in [6.45, 7) is 6.12. The minimum Gasteiger partial charge on any atom is -0.355 e. The molecule has 1 fully saturated rings. The van der Waals surface area contributed by atoms with Crippen LogP contribution in [0.4, 0.5) is 5.82 Å². The molecule has 1 saturated heterocycles. The molecule has 1 spiro atoms. The highest BCUT2D eigenvalue weighted by molar-refractivity contribution is 5.76. The number of fused-ring (bicyclic) bond motifs is 2. The van der Waals surface area contributed by atoms with Gasteiger partial charge in [0.15, 0.2) is 5.82 Å². The van der Waals surface area contributed by atoms with Crippen LogP contribution in [0.1, 0.15) is 41.4 Å². The van der Waals surface area contributed by atoms with Gasteiger partial charge in [0.2, 0.25) is 0 Å². The van der Waals surface area contributed by atoms with Crippen molar-refractivity contribution in [1.82, 2.24) is 19.6 Å². The average Bonchev–Trinajstić information content (AvgIpc) is 3.39. The Hall–Kier alpha value is -3.25. The first-order valence-corrected chi connectivity index (χ1v) is 11.4. The van der Waals surface area contributed by atoms with E-state index in [1.165, 1.54) is 22.4 Å². The van der Waals surface area contributed by atoms with E-state index in [9.17, 15) is 0 Å². The van der Waals surface area contributed by atoms with E-state index in [1.807, 2.05) is 18.5 Å². The molecule has 2 aliphatic rings. The lowest BCUT2D eigenvalue weighted by Crippen LogP contribution is -2.44. The second-order valence-corrected chi connectivity index (χ2v) is 9.36. The van der Waals surface area contributed by atoms with Gasteiger partial charge in [-0.15, -0.1) is 0 Å². The summed E-state index contributed by atoms with van der Waals surface area (Å²) in [6, 6.07) is 14.7. The third-order valence-corrected chi connectivity index (χ3v) is 7.60. The van der Waals surface area contributed by atoms with E-state index in [1.54, 1.807) is 0 Å². The van der Waals surface area contributed by atoms with Crippen LogP contribution in [0.3, 0.4) is 0 Å². The molecule has 4 heterocycles. The Kier molecular flexibility index (Phi) is 4.33. The number of anilines is 1. The van der Waals surface area contributed by atoms with Gasteiger partial charge in [-0.1, -0.05) is 30.3 Å². The van der Waals surface area contributed by atoms with Crippen LogP contribution in [0.15, 0.2) is 54.9 Å². The summed E-state index contributed by atoms with van der Waals surface area (Å²) in [5, 5.41) is 4.68. The smallest absolute Gasteiger partial charge is 0.155 e. The lowest BCUT2D eigenvalue weighted by Gasteiger charge is -2.42. The number of nitrogens with zero attached hydrogens (tertiary/aromatic N) is 5. The summed E-state index contributed by atoms with van der Waals surface area (Å²) >= 11 is 0. The summed E-state index contributed by atoms with van der Waals surface area (Å²) in [4.78, 5) is 12.1. The zero-order chi connectivity index (χ0) is 21.9. The monoisotopic (exact) mass is 424 g/mol. The molecule has 6 rings (SSSR count). The fraction of sp³-hybridized carbons (Fsp3) is 0.346. The van der Waals surface area contributed by atoms with Gasteiger partial charge in [-0.25, -0.2) is 9.50 Å². The molecule has 1 aliphatic carbocycles. The summed E-state index contributed by atoms with van der Waals surface area (Å²) in [5.74, 6) is 1.02. The lowest BCUT2D eigenvalue weighted by molar-refractivity contribution is 0.187. The Morgan fingerprint density at radius 2 is 1.81 bits per heavy atom. The van der Waals surface area contributed by atoms with Gasteiger partial charge in [-0.3, -0.25) is 4.98 Å². The van der Waals surface area contributed by atoms with Crippen molar-refractivity contribution in [2.75, 3.05) is 18.0 Å². The van der Waals surface area contributed by atoms with E-state index in [-0.39, 0.29) is 11.5 Å². The molecule has 0 bridgehead atoms. The maximum atomic E-state index is 6.75. The lowest BCUT2D eigenvalue weighted by atomic mass is 9.73. The molecule has 4 aromatic rings. The minimum atomic E-state index is 0.0708. The van der Waals surface area contributed by atoms with E-state index < -0.39 is 0 Å². The zero-order valence-corrected chi connectivity index (χ0v) is 18.6. The van der Waals surface area contributed by atoms with Crippen LogP contribution in [0, 0.1) is 19.3 Å². The molecule has 0 saturated carbocycles. The molecule has 162 valence electrons. The van der Waals surface area contributed by atoms with Crippen molar-refractivity contribution in [3.63, 3.8) is 0 Å². The van der Waals surface area contributed by atoms with Gasteiger partial charge < -0.3 is 10.6 Å². The number of aromatic nitrogens is 4. The van der Waals surface area contributed by atoms with Gasteiger partial charge in [0.25, 0.3) is 0 Å². The quantitative estimate of drug-likeness (QED) is 0.521. The zero-order valence-electron chi connectivity index (χ0n) is 18.6. The third kappa shape index (κ3) is 2.79. The summed E-state index contributed by atoms with van der Waals surface area (Å²) in [5.41, 5.74) is 14.8. The highest BCUT2D eigenvalue weighted by Gasteiger charge is 2.46. The van der Waals surface area contributed by atoms with E-state index >= 15 is 0 Å². The van der Waals surface area contributed by atoms with Gasteiger partial charge in [0, 0.05) is 36.6 Å². The Balaban J connectivity index is 1.34. The Labute approximate surface area is 188 Å². The van der Waals surface area contributed by atoms with E-state index in [2.05, 4.69) is 69.7 Å². The molecule has 6 nitrogen and oxygen atoms in total. The van der Waals surface area contributed by atoms with Gasteiger partial charge >= 0.3 is 0 Å². The summed E-state index contributed by atoms with van der Waals surface area (Å²) < 4.78 is 2.06. The number of pyridine rings is 1. The van der Waals surface area contributed by atoms with Crippen LogP contribution in [0.25, 0.3) is 16.8 Å². The molecule has 0 radical (unpaired) electrons. The summed E-state index contributed by atoms with van der Waals surface area (Å²) in [7, 11) is 0. The molecule has 3 aromatic heterocycles. The second kappa shape index (κ2) is 7.14. The van der Waals surface area contributed by atoms with Crippen LogP contribution >= 0.6 is 0 Å². The predicted molar refractivity (Wildman–Crippen MR) is 127 cm³/mol. The fourth-order valence-corrected chi connectivity index (χ4v) is 5.76. The van der Waals surface area contributed by atoms with Gasteiger partial charge in [0.05, 0.1) is 17.6 Å². The van der Waals surface area contributed by atoms with Crippen LogP contribution < -0.4 is 10.6 Å². The van der Waals surface area contributed by atoms with Crippen molar-refractivity contribution in [3.05, 3.63) is 77.4 Å². The molecule has 1 atom stereocenters. The van der Waals surface area contributed by atoms with Crippen molar-refractivity contribution in [3.8, 4) is 11.3 Å². The van der Waals surface area contributed by atoms with Crippen molar-refractivity contribution < 1.29 is 0 Å². The molecular formula is C26H28N6. The fourth-order valence-electron chi connectivity index (χ4n) is 5.76. The van der Waals surface area contributed by atoms with Crippen molar-refractivity contribution in [1.29, 1.82) is 0 Å². The molecule has 6 heteroatoms. The van der Waals surface area contributed by atoms with Gasteiger partial charge in [0.1, 0.15) is 5.52 Å². The number of hydrogen-bond acceptors (Lipinski definition) is 5. The van der Waals surface area contributed by atoms with Crippen molar-refractivity contribution in [2.45, 2.75) is 39.2 Å². The molecule has 1 aromatic carbocycles. The number of aryl methyl sites for hydroxylation is 2. The topological polar surface area (TPSA) is 72.3 Å². The number of rotatable bonds is 2. The van der Waals surface area contributed by atoms with E-state index in [0.717, 1.165) is 55.1 Å². The first-order chi connectivity index (χ1) is 15.6. The van der Waals surface area contributed by atoms with E-state index in [0.29, 0.717) is 0 Å². The predicted octanol–water partition coefficient (Wildman–Crippen LogP) is 4.25. The standard InChI is InChI=1S/C26H28N6/c1-17-6-3-4-7-19(17)23-18(2)30-25(22-9-13-29-32(22)23)31-14-10-26(11-15-31)16-21-20(24(26)27)8-5-12-28-21/h3-9,12-13,24H,10-11,14-16,27H2,1-2H3/t24-/m1/s1. The van der Waals surface area contributed by atoms with Crippen molar-refractivity contribution in [2.24, 2.45) is 11.1 Å². The minimum absolute atomic E-state index is 0.0708. The normalized spacial score (nSPS) is 19.6. The number of piperidine rings is 1. The molecule has 1 aliphatic heterocycles. The van der Waals surface area contributed by atoms with Crippen LogP contribution in [-0.2, 0) is 6.42 Å². The Bertz CT molecular complexity index is 1320. The Morgan fingerprint density at radius 1 is 1.00 bits per heavy atom. The van der Waals surface area contributed by atoms with Gasteiger partial charge in [-0.2, -0.15) is 5.10 Å². The van der Waals surface area contributed by atoms with Gasteiger partial charge in [-0.05, 0) is 61.8 Å². The second-order valence-electron chi connectivity index (χ2n) is 9.36. The number of hydrogen-bond donors (Lipinski definition) is 1. The molecule has 2 N–H and O–H groups in total. The van der Waals surface area contributed by atoms with E-state index in [4.69, 9.17) is 10.7 Å². The number of nitrogens with two attached hydrogens (primary N) is 1. The molecule has 32 heavy (non-hydrogen) atoms. The molecule has 0 unspecified atom stereocenters. The average molecular weight is 425 g/mol. The van der Waals surface area contributed by atoms with Crippen LogP contribution in [-0.4, -0.2) is 32.7 Å². The first-order valence-electron chi connectivity index (χ1n) is 11.4. The first kappa shape index (κ1) is 19.4. The third-order valence-electron chi connectivity index (χ3n) is 7.60. The maximum absolute atomic E-state index is 6.75. The van der Waals surface area contributed by atoms with Crippen LogP contribution in [0.5, 0.6) is 0 Å². The SMILES string of the molecule is Cc1ccccc1-c1c(C)nc(N2CCC3(CC2)Cc2ncccc2[C@H]3N)c2ccnn12. The highest BCUT2D eigenvalue weighted by atomic mass is 15.3. The Morgan fingerprint density at radius 3 is 2.59 bits per heavy atom. The van der Waals surface area contributed by atoms with Crippen molar-refractivity contribution >= 4 is 11.3 Å². The molecule has 0 amide bonds. The number of benzene rings is 1. The molecular weight excluding hydrogens is 396 g/mol. The maximum Gasteiger partial charge on any atom is 0.155 e. The highest BCUT2D eigenvalue weighted by Crippen LogP contribution is 2.50.